The van der Waals surface area contributed by atoms with E-state index in [2.05, 4.69) is 0 Å². The molecule has 6 nitrogen and oxygen atoms in total. The van der Waals surface area contributed by atoms with Crippen LogP contribution in [0.4, 0.5) is 0 Å². The maximum absolute atomic E-state index is 12.5. The van der Waals surface area contributed by atoms with Crippen molar-refractivity contribution in [3.63, 3.8) is 0 Å². The van der Waals surface area contributed by atoms with Crippen LogP contribution in [0.5, 0.6) is 5.75 Å². The van der Waals surface area contributed by atoms with Gasteiger partial charge in [0.2, 0.25) is 10.0 Å². The number of nitrogens with zero attached hydrogens (tertiary/aromatic N) is 1. The maximum Gasteiger partial charge on any atom is 0.243 e. The van der Waals surface area contributed by atoms with Gasteiger partial charge in [0.25, 0.3) is 0 Å². The van der Waals surface area contributed by atoms with Crippen LogP contribution in [0.2, 0.25) is 0 Å². The zero-order chi connectivity index (χ0) is 14.8. The van der Waals surface area contributed by atoms with Gasteiger partial charge in [0.05, 0.1) is 12.0 Å². The van der Waals surface area contributed by atoms with Crippen LogP contribution in [0, 0.1) is 0 Å². The molecule has 0 aromatic heterocycles. The van der Waals surface area contributed by atoms with Gasteiger partial charge >= 0.3 is 0 Å². The van der Waals surface area contributed by atoms with Crippen LogP contribution < -0.4 is 10.5 Å². The number of nitrogens with two attached hydrogens (primary N) is 1. The summed E-state index contributed by atoms with van der Waals surface area (Å²) in [5, 5.41) is 0. The molecule has 20 heavy (non-hydrogen) atoms. The monoisotopic (exact) mass is 318 g/mol. The average Bonchev–Trinajstić information content (AvgIpc) is 2.46. The number of methoxy groups -OCH3 is 1. The Morgan fingerprint density at radius 3 is 2.55 bits per heavy atom. The van der Waals surface area contributed by atoms with Crippen molar-refractivity contribution in [1.82, 2.24) is 4.31 Å². The highest BCUT2D eigenvalue weighted by molar-refractivity contribution is 7.89. The molecule has 0 radical (unpaired) electrons. The zero-order valence-electron chi connectivity index (χ0n) is 11.2. The highest BCUT2D eigenvalue weighted by Crippen LogP contribution is 2.24. The van der Waals surface area contributed by atoms with Crippen molar-refractivity contribution in [3.8, 4) is 5.75 Å². The first-order valence-electron chi connectivity index (χ1n) is 6.21. The highest BCUT2D eigenvalue weighted by Gasteiger charge is 2.28. The molecule has 0 saturated carbocycles. The number of sulfonamides is 1. The van der Waals surface area contributed by atoms with Gasteiger partial charge in [0, 0.05) is 47.5 Å². The largest absolute Gasteiger partial charge is 0.496 e. The second-order valence-corrected chi connectivity index (χ2v) is 8.06. The molecule has 2 N–H and O–H groups in total. The van der Waals surface area contributed by atoms with E-state index in [-0.39, 0.29) is 11.4 Å². The van der Waals surface area contributed by atoms with E-state index in [0.29, 0.717) is 35.9 Å². The molecule has 0 aliphatic carbocycles. The lowest BCUT2D eigenvalue weighted by atomic mass is 10.2. The van der Waals surface area contributed by atoms with Crippen LogP contribution >= 0.6 is 0 Å². The van der Waals surface area contributed by atoms with Crippen molar-refractivity contribution in [3.05, 3.63) is 23.8 Å². The van der Waals surface area contributed by atoms with Crippen molar-refractivity contribution >= 4 is 20.8 Å². The summed E-state index contributed by atoms with van der Waals surface area (Å²) >= 11 is 0. The molecule has 0 spiro atoms. The Balaban J connectivity index is 2.32. The molecule has 1 aliphatic heterocycles. The van der Waals surface area contributed by atoms with Crippen molar-refractivity contribution < 1.29 is 17.4 Å². The van der Waals surface area contributed by atoms with Gasteiger partial charge in [0.1, 0.15) is 5.75 Å². The number of rotatable bonds is 4. The van der Waals surface area contributed by atoms with Gasteiger partial charge in [-0.15, -0.1) is 0 Å². The van der Waals surface area contributed by atoms with Gasteiger partial charge in [-0.05, 0) is 18.2 Å². The molecule has 0 atom stereocenters. The third-order valence-corrected chi connectivity index (χ3v) is 6.42. The molecule has 8 heteroatoms. The zero-order valence-corrected chi connectivity index (χ0v) is 12.9. The molecular weight excluding hydrogens is 300 g/mol. The normalized spacial score (nSPS) is 18.1. The van der Waals surface area contributed by atoms with Gasteiger partial charge < -0.3 is 10.5 Å². The summed E-state index contributed by atoms with van der Waals surface area (Å²) in [5.41, 5.74) is 6.25. The Bertz CT molecular complexity index is 606. The van der Waals surface area contributed by atoms with E-state index in [1.165, 1.54) is 17.5 Å². The van der Waals surface area contributed by atoms with E-state index in [1.807, 2.05) is 0 Å². The van der Waals surface area contributed by atoms with E-state index in [4.69, 9.17) is 10.5 Å². The first kappa shape index (κ1) is 15.4. The van der Waals surface area contributed by atoms with Crippen LogP contribution in [-0.2, 0) is 27.4 Å². The Morgan fingerprint density at radius 2 is 2.00 bits per heavy atom. The molecule has 2 rings (SSSR count). The van der Waals surface area contributed by atoms with Gasteiger partial charge in [-0.3, -0.25) is 4.21 Å². The Morgan fingerprint density at radius 1 is 1.35 bits per heavy atom. The molecule has 1 fully saturated rings. The minimum atomic E-state index is -3.56. The van der Waals surface area contributed by atoms with Gasteiger partial charge in [0.15, 0.2) is 0 Å². The van der Waals surface area contributed by atoms with Crippen molar-refractivity contribution in [2.75, 3.05) is 31.7 Å². The van der Waals surface area contributed by atoms with Crippen LogP contribution in [0.1, 0.15) is 5.56 Å². The molecule has 1 saturated heterocycles. The van der Waals surface area contributed by atoms with E-state index >= 15 is 0 Å². The predicted molar refractivity (Wildman–Crippen MR) is 77.5 cm³/mol. The Kier molecular flexibility index (Phi) is 4.79. The van der Waals surface area contributed by atoms with Gasteiger partial charge in [-0.2, -0.15) is 4.31 Å². The summed E-state index contributed by atoms with van der Waals surface area (Å²) in [6, 6.07) is 4.66. The van der Waals surface area contributed by atoms with Crippen LogP contribution in [0.3, 0.4) is 0 Å². The summed E-state index contributed by atoms with van der Waals surface area (Å²) < 4.78 is 42.8. The quantitative estimate of drug-likeness (QED) is 0.838. The molecule has 1 aromatic carbocycles. The maximum atomic E-state index is 12.5. The van der Waals surface area contributed by atoms with Crippen LogP contribution in [0.25, 0.3) is 0 Å². The molecule has 0 amide bonds. The summed E-state index contributed by atoms with van der Waals surface area (Å²) in [6.07, 6.45) is 0. The second-order valence-electron chi connectivity index (χ2n) is 4.43. The smallest absolute Gasteiger partial charge is 0.243 e. The van der Waals surface area contributed by atoms with E-state index in [1.54, 1.807) is 12.1 Å². The number of hydrogen-bond acceptors (Lipinski definition) is 5. The molecular formula is C12H18N2O4S2. The predicted octanol–water partition coefficient (Wildman–Crippen LogP) is -0.0931. The summed E-state index contributed by atoms with van der Waals surface area (Å²) in [6.45, 7) is 0.786. The average molecular weight is 318 g/mol. The summed E-state index contributed by atoms with van der Waals surface area (Å²) in [4.78, 5) is 0.200. The fourth-order valence-corrected chi connectivity index (χ4v) is 4.86. The molecule has 112 valence electrons. The van der Waals surface area contributed by atoms with Gasteiger partial charge in [-0.1, -0.05) is 0 Å². The van der Waals surface area contributed by atoms with Crippen molar-refractivity contribution in [1.29, 1.82) is 0 Å². The fraction of sp³-hybridized carbons (Fsp3) is 0.500. The third kappa shape index (κ3) is 3.03. The number of hydrogen-bond donors (Lipinski definition) is 1. The lowest BCUT2D eigenvalue weighted by Gasteiger charge is -2.25. The van der Waals surface area contributed by atoms with Gasteiger partial charge in [-0.25, -0.2) is 8.42 Å². The fourth-order valence-electron chi connectivity index (χ4n) is 2.09. The topological polar surface area (TPSA) is 89.7 Å². The third-order valence-electron chi connectivity index (χ3n) is 3.25. The first-order valence-corrected chi connectivity index (χ1v) is 9.14. The molecule has 0 bridgehead atoms. The summed E-state index contributed by atoms with van der Waals surface area (Å²) in [7, 11) is -2.95. The van der Waals surface area contributed by atoms with Crippen LogP contribution in [0.15, 0.2) is 23.1 Å². The van der Waals surface area contributed by atoms with Crippen molar-refractivity contribution in [2.24, 2.45) is 5.73 Å². The lowest BCUT2D eigenvalue weighted by Crippen LogP contribution is -2.41. The molecule has 0 unspecified atom stereocenters. The van der Waals surface area contributed by atoms with E-state index in [0.717, 1.165) is 0 Å². The second kappa shape index (κ2) is 6.21. The molecule has 1 heterocycles. The Labute approximate surface area is 121 Å². The minimum absolute atomic E-state index is 0.200. The SMILES string of the molecule is COc1ccc(S(=O)(=O)N2CCS(=O)CC2)cc1CN. The lowest BCUT2D eigenvalue weighted by molar-refractivity contribution is 0.409. The first-order chi connectivity index (χ1) is 9.48. The number of ether oxygens (including phenoxy) is 1. The van der Waals surface area contributed by atoms with E-state index < -0.39 is 20.8 Å². The van der Waals surface area contributed by atoms with Crippen LogP contribution in [-0.4, -0.2) is 48.6 Å². The molecule has 1 aromatic rings. The van der Waals surface area contributed by atoms with E-state index in [9.17, 15) is 12.6 Å². The highest BCUT2D eigenvalue weighted by atomic mass is 32.2. The standard InChI is InChI=1S/C12H18N2O4S2/c1-18-12-3-2-11(8-10(12)9-13)20(16,17)14-4-6-19(15)7-5-14/h2-3,8H,4-7,9,13H2,1H3. The minimum Gasteiger partial charge on any atom is -0.496 e. The molecule has 1 aliphatic rings. The number of benzene rings is 1. The summed E-state index contributed by atoms with van der Waals surface area (Å²) in [5.74, 6) is 1.35. The van der Waals surface area contributed by atoms with Crippen molar-refractivity contribution in [2.45, 2.75) is 11.4 Å². The Hall–Kier alpha value is -0.960.